The third-order valence-electron chi connectivity index (χ3n) is 4.84. The Labute approximate surface area is 158 Å². The Kier molecular flexibility index (Phi) is 4.81. The summed E-state index contributed by atoms with van der Waals surface area (Å²) in [6.07, 6.45) is 1.10. The van der Waals surface area contributed by atoms with Gasteiger partial charge in [0.1, 0.15) is 13.2 Å². The highest BCUT2D eigenvalue weighted by Gasteiger charge is 2.47. The van der Waals surface area contributed by atoms with Crippen LogP contribution in [0.4, 0.5) is 5.69 Å². The van der Waals surface area contributed by atoms with Crippen molar-refractivity contribution in [3.8, 4) is 11.5 Å². The monoisotopic (exact) mass is 396 g/mol. The predicted octanol–water partition coefficient (Wildman–Crippen LogP) is 2.58. The van der Waals surface area contributed by atoms with Crippen LogP contribution in [0, 0.1) is 5.92 Å². The van der Waals surface area contributed by atoms with E-state index in [-0.39, 0.29) is 23.6 Å². The number of rotatable bonds is 4. The quantitative estimate of drug-likeness (QED) is 0.779. The summed E-state index contributed by atoms with van der Waals surface area (Å²) in [6.45, 7) is 5.49. The van der Waals surface area contributed by atoms with Crippen molar-refractivity contribution in [1.82, 2.24) is 0 Å². The number of sulfone groups is 1. The van der Waals surface area contributed by atoms with E-state index in [1.165, 1.54) is 0 Å². The average molecular weight is 397 g/mol. The van der Waals surface area contributed by atoms with Gasteiger partial charge in [0.05, 0.1) is 23.6 Å². The van der Waals surface area contributed by atoms with Crippen LogP contribution in [-0.2, 0) is 9.84 Å². The summed E-state index contributed by atoms with van der Waals surface area (Å²) >= 11 is 1.72. The van der Waals surface area contributed by atoms with E-state index in [9.17, 15) is 8.42 Å². The number of thioether (sulfide) groups is 1. The van der Waals surface area contributed by atoms with Gasteiger partial charge in [0.2, 0.25) is 0 Å². The van der Waals surface area contributed by atoms with E-state index in [4.69, 9.17) is 14.5 Å². The van der Waals surface area contributed by atoms with Crippen molar-refractivity contribution >= 4 is 32.5 Å². The maximum Gasteiger partial charge on any atom is 0.164 e. The normalized spacial score (nSPS) is 26.1. The summed E-state index contributed by atoms with van der Waals surface area (Å²) in [5.74, 6) is 3.36. The molecular weight excluding hydrogens is 372 g/mol. The Balaban J connectivity index is 1.63. The summed E-state index contributed by atoms with van der Waals surface area (Å²) in [4.78, 5) is 6.86. The van der Waals surface area contributed by atoms with E-state index in [0.29, 0.717) is 24.9 Å². The van der Waals surface area contributed by atoms with Crippen molar-refractivity contribution < 1.29 is 17.9 Å². The first-order valence-corrected chi connectivity index (χ1v) is 11.8. The van der Waals surface area contributed by atoms with Gasteiger partial charge in [-0.05, 0) is 24.5 Å². The van der Waals surface area contributed by atoms with Gasteiger partial charge < -0.3 is 14.4 Å². The van der Waals surface area contributed by atoms with Gasteiger partial charge in [-0.3, -0.25) is 4.99 Å². The Bertz CT molecular complexity index is 822. The summed E-state index contributed by atoms with van der Waals surface area (Å²) in [6, 6.07) is 5.52. The molecule has 0 saturated carbocycles. The van der Waals surface area contributed by atoms with E-state index >= 15 is 0 Å². The maximum atomic E-state index is 12.1. The van der Waals surface area contributed by atoms with Gasteiger partial charge in [0.25, 0.3) is 0 Å². The van der Waals surface area contributed by atoms with E-state index in [1.54, 1.807) is 11.8 Å². The summed E-state index contributed by atoms with van der Waals surface area (Å²) in [7, 11) is -3.04. The lowest BCUT2D eigenvalue weighted by Gasteiger charge is -2.28. The molecule has 0 N–H and O–H groups in total. The molecule has 3 aliphatic rings. The van der Waals surface area contributed by atoms with Gasteiger partial charge in [0.15, 0.2) is 26.5 Å². The number of nitrogens with zero attached hydrogens (tertiary/aromatic N) is 2. The second kappa shape index (κ2) is 6.96. The van der Waals surface area contributed by atoms with Crippen LogP contribution in [0.1, 0.15) is 20.3 Å². The van der Waals surface area contributed by atoms with Crippen molar-refractivity contribution in [3.05, 3.63) is 18.2 Å². The van der Waals surface area contributed by atoms with E-state index in [2.05, 4.69) is 18.7 Å². The molecule has 6 nitrogen and oxygen atoms in total. The molecule has 0 aromatic heterocycles. The van der Waals surface area contributed by atoms with Crippen LogP contribution in [0.2, 0.25) is 0 Å². The lowest BCUT2D eigenvalue weighted by Crippen LogP contribution is -2.39. The average Bonchev–Trinajstić information content (AvgIpc) is 3.05. The smallest absolute Gasteiger partial charge is 0.164 e. The second-order valence-electron chi connectivity index (χ2n) is 7.35. The lowest BCUT2D eigenvalue weighted by molar-refractivity contribution is 0.171. The van der Waals surface area contributed by atoms with Crippen molar-refractivity contribution in [2.24, 2.45) is 10.9 Å². The molecular formula is C18H24N2O4S2. The van der Waals surface area contributed by atoms with Crippen LogP contribution < -0.4 is 14.4 Å². The molecule has 2 atom stereocenters. The Morgan fingerprint density at radius 1 is 1.23 bits per heavy atom. The molecule has 8 heteroatoms. The fourth-order valence-corrected chi connectivity index (χ4v) is 6.71. The summed E-state index contributed by atoms with van der Waals surface area (Å²) in [5, 5.41) is 0.923. The van der Waals surface area contributed by atoms with Crippen LogP contribution in [0.25, 0.3) is 0 Å². The van der Waals surface area contributed by atoms with Gasteiger partial charge in [-0.1, -0.05) is 25.6 Å². The maximum absolute atomic E-state index is 12.1. The molecule has 0 bridgehead atoms. The molecule has 1 aromatic carbocycles. The van der Waals surface area contributed by atoms with Crippen molar-refractivity contribution in [1.29, 1.82) is 0 Å². The van der Waals surface area contributed by atoms with Gasteiger partial charge in [-0.25, -0.2) is 8.42 Å². The van der Waals surface area contributed by atoms with Crippen molar-refractivity contribution in [3.63, 3.8) is 0 Å². The minimum absolute atomic E-state index is 0.121. The van der Waals surface area contributed by atoms with Crippen molar-refractivity contribution in [2.45, 2.75) is 32.4 Å². The molecule has 3 aliphatic heterocycles. The van der Waals surface area contributed by atoms with Crippen LogP contribution in [0.15, 0.2) is 23.2 Å². The van der Waals surface area contributed by atoms with E-state index in [1.807, 2.05) is 18.2 Å². The highest BCUT2D eigenvalue weighted by molar-refractivity contribution is 8.14. The van der Waals surface area contributed by atoms with Crippen LogP contribution >= 0.6 is 11.8 Å². The third kappa shape index (κ3) is 3.53. The number of hydrogen-bond donors (Lipinski definition) is 0. The molecule has 0 spiro atoms. The molecule has 4 rings (SSSR count). The SMILES string of the molecule is CC(C)CCSC1=N[C@H]2CS(=O)(=O)C[C@H]2N1c1ccc2c(c1)OCCO2. The highest BCUT2D eigenvalue weighted by atomic mass is 32.2. The van der Waals surface area contributed by atoms with Crippen LogP contribution in [-0.4, -0.2) is 56.1 Å². The third-order valence-corrected chi connectivity index (χ3v) is 7.54. The zero-order chi connectivity index (χ0) is 18.3. The number of ether oxygens (including phenoxy) is 2. The highest BCUT2D eigenvalue weighted by Crippen LogP contribution is 2.40. The largest absolute Gasteiger partial charge is 0.486 e. The zero-order valence-corrected chi connectivity index (χ0v) is 16.7. The number of amidine groups is 1. The molecule has 1 aromatic rings. The number of aliphatic imine (C=N–C) groups is 1. The summed E-state index contributed by atoms with van der Waals surface area (Å²) < 4.78 is 35.5. The number of hydrogen-bond acceptors (Lipinski definition) is 7. The second-order valence-corrected chi connectivity index (χ2v) is 10.6. The van der Waals surface area contributed by atoms with Gasteiger partial charge in [-0.2, -0.15) is 0 Å². The van der Waals surface area contributed by atoms with Gasteiger partial charge in [0, 0.05) is 17.5 Å². The topological polar surface area (TPSA) is 68.2 Å². The predicted molar refractivity (Wildman–Crippen MR) is 105 cm³/mol. The molecule has 26 heavy (non-hydrogen) atoms. The summed E-state index contributed by atoms with van der Waals surface area (Å²) in [5.41, 5.74) is 0.926. The van der Waals surface area contributed by atoms with Crippen molar-refractivity contribution in [2.75, 3.05) is 35.4 Å². The first kappa shape index (κ1) is 18.0. The first-order valence-electron chi connectivity index (χ1n) is 9.03. The zero-order valence-electron chi connectivity index (χ0n) is 15.1. The number of benzene rings is 1. The van der Waals surface area contributed by atoms with E-state index in [0.717, 1.165) is 28.8 Å². The Morgan fingerprint density at radius 3 is 2.77 bits per heavy atom. The first-order chi connectivity index (χ1) is 12.4. The molecule has 0 aliphatic carbocycles. The van der Waals surface area contributed by atoms with Gasteiger partial charge >= 0.3 is 0 Å². The fourth-order valence-electron chi connectivity index (χ4n) is 3.50. The fraction of sp³-hybridized carbons (Fsp3) is 0.611. The molecule has 0 amide bonds. The molecule has 142 valence electrons. The van der Waals surface area contributed by atoms with E-state index < -0.39 is 9.84 Å². The minimum Gasteiger partial charge on any atom is -0.486 e. The van der Waals surface area contributed by atoms with Crippen LogP contribution in [0.3, 0.4) is 0 Å². The molecule has 0 unspecified atom stereocenters. The molecule has 1 fully saturated rings. The number of fused-ring (bicyclic) bond motifs is 2. The Hall–Kier alpha value is -1.41. The minimum atomic E-state index is -3.04. The standard InChI is InChI=1S/C18H24N2O4S2/c1-12(2)5-8-25-18-19-14-10-26(21,22)11-15(14)20(18)13-3-4-16-17(9-13)24-7-6-23-16/h3-4,9,12,14-15H,5-8,10-11H2,1-2H3/t14-,15+/m0/s1. The molecule has 3 heterocycles. The van der Waals surface area contributed by atoms with Crippen LogP contribution in [0.5, 0.6) is 11.5 Å². The lowest BCUT2D eigenvalue weighted by atomic mass is 10.1. The Morgan fingerprint density at radius 2 is 2.00 bits per heavy atom. The number of anilines is 1. The molecule has 0 radical (unpaired) electrons. The van der Waals surface area contributed by atoms with Gasteiger partial charge in [-0.15, -0.1) is 0 Å². The molecule has 1 saturated heterocycles.